The lowest BCUT2D eigenvalue weighted by Crippen LogP contribution is -2.52. The Morgan fingerprint density at radius 1 is 1.00 bits per heavy atom. The van der Waals surface area contributed by atoms with E-state index in [-0.39, 0.29) is 29.7 Å². The molecule has 1 aliphatic carbocycles. The maximum atomic E-state index is 14.0. The molecule has 0 saturated heterocycles. The minimum atomic E-state index is -0.994. The summed E-state index contributed by atoms with van der Waals surface area (Å²) in [5.41, 5.74) is 2.08. The highest BCUT2D eigenvalue weighted by atomic mass is 16.5. The van der Waals surface area contributed by atoms with Crippen molar-refractivity contribution in [2.24, 2.45) is 16.7 Å². The van der Waals surface area contributed by atoms with Crippen LogP contribution in [0.4, 0.5) is 0 Å². The summed E-state index contributed by atoms with van der Waals surface area (Å²) in [6.07, 6.45) is 2.91. The van der Waals surface area contributed by atoms with Gasteiger partial charge in [-0.05, 0) is 88.0 Å². The third-order valence-corrected chi connectivity index (χ3v) is 8.06. The van der Waals surface area contributed by atoms with Gasteiger partial charge in [-0.25, -0.2) is 0 Å². The normalized spacial score (nSPS) is 17.0. The summed E-state index contributed by atoms with van der Waals surface area (Å²) >= 11 is 0. The smallest absolute Gasteiger partial charge is 0.310 e. The lowest BCUT2D eigenvalue weighted by atomic mass is 9.53. The fourth-order valence-corrected chi connectivity index (χ4v) is 6.20. The van der Waals surface area contributed by atoms with Crippen LogP contribution in [0.5, 0.6) is 11.5 Å². The van der Waals surface area contributed by atoms with Crippen molar-refractivity contribution in [1.29, 1.82) is 0 Å². The van der Waals surface area contributed by atoms with Crippen molar-refractivity contribution in [3.8, 4) is 11.5 Å². The summed E-state index contributed by atoms with van der Waals surface area (Å²) in [5.74, 6) is 0.754. The highest BCUT2D eigenvalue weighted by molar-refractivity contribution is 5.86. The van der Waals surface area contributed by atoms with Crippen LogP contribution >= 0.6 is 0 Å². The molecule has 2 aromatic carbocycles. The predicted octanol–water partition coefficient (Wildman–Crippen LogP) is 7.23. The molecule has 0 aliphatic heterocycles. The number of hydrogen-bond acceptors (Lipinski definition) is 4. The minimum Gasteiger partial charge on any atom is -0.493 e. The number of amides is 1. The van der Waals surface area contributed by atoms with Gasteiger partial charge in [-0.15, -0.1) is 0 Å². The molecule has 1 amide bonds. The first kappa shape index (κ1) is 30.5. The van der Waals surface area contributed by atoms with Crippen LogP contribution in [0.15, 0.2) is 42.5 Å². The monoisotopic (exact) mass is 537 g/mol. The quantitative estimate of drug-likeness (QED) is 0.275. The van der Waals surface area contributed by atoms with Crippen LogP contribution in [0.3, 0.4) is 0 Å². The van der Waals surface area contributed by atoms with Gasteiger partial charge in [0.05, 0.1) is 24.7 Å². The van der Waals surface area contributed by atoms with E-state index in [2.05, 4.69) is 32.9 Å². The lowest BCUT2D eigenvalue weighted by molar-refractivity contribution is -0.169. The lowest BCUT2D eigenvalue weighted by Gasteiger charge is -2.50. The molecule has 2 atom stereocenters. The zero-order valence-electron chi connectivity index (χ0n) is 24.9. The number of carboxylic acid groups (broad SMARTS) is 1. The van der Waals surface area contributed by atoms with Crippen molar-refractivity contribution in [2.45, 2.75) is 86.6 Å². The van der Waals surface area contributed by atoms with E-state index in [9.17, 15) is 14.7 Å². The second-order valence-corrected chi connectivity index (χ2v) is 12.1. The molecule has 3 rings (SSSR count). The van der Waals surface area contributed by atoms with Gasteiger partial charge in [0.15, 0.2) is 0 Å². The summed E-state index contributed by atoms with van der Waals surface area (Å²) in [7, 11) is 0. The number of hydrogen-bond donors (Lipinski definition) is 1. The first-order valence-electron chi connectivity index (χ1n) is 14.4. The molecule has 1 N–H and O–H groups in total. The van der Waals surface area contributed by atoms with E-state index in [1.165, 1.54) is 5.56 Å². The number of nitrogens with zero attached hydrogens (tertiary/aromatic N) is 1. The fourth-order valence-electron chi connectivity index (χ4n) is 6.20. The molecule has 214 valence electrons. The summed E-state index contributed by atoms with van der Waals surface area (Å²) in [4.78, 5) is 28.2. The van der Waals surface area contributed by atoms with Crippen LogP contribution in [0.1, 0.15) is 90.0 Å². The second kappa shape index (κ2) is 12.9. The zero-order valence-corrected chi connectivity index (χ0v) is 24.9. The van der Waals surface area contributed by atoms with Gasteiger partial charge in [0, 0.05) is 18.5 Å². The Morgan fingerprint density at radius 3 is 2.05 bits per heavy atom. The molecule has 1 aliphatic rings. The van der Waals surface area contributed by atoms with E-state index in [1.807, 2.05) is 62.9 Å². The Bertz CT molecular complexity index is 1090. The summed E-state index contributed by atoms with van der Waals surface area (Å²) in [6, 6.07) is 14.1. The number of aryl methyl sites for hydroxylation is 1. The minimum absolute atomic E-state index is 0.0179. The van der Waals surface area contributed by atoms with E-state index < -0.39 is 11.4 Å². The highest BCUT2D eigenvalue weighted by Crippen LogP contribution is 2.56. The molecule has 1 fully saturated rings. The molecular weight excluding hydrogens is 490 g/mol. The van der Waals surface area contributed by atoms with Gasteiger partial charge in [0.25, 0.3) is 0 Å². The number of carbonyl (C=O) groups is 2. The first-order chi connectivity index (χ1) is 18.4. The maximum Gasteiger partial charge on any atom is 0.310 e. The number of rotatable bonds is 14. The van der Waals surface area contributed by atoms with Gasteiger partial charge in [-0.2, -0.15) is 0 Å². The van der Waals surface area contributed by atoms with E-state index in [0.29, 0.717) is 32.6 Å². The zero-order chi connectivity index (χ0) is 28.8. The Balaban J connectivity index is 1.90. The predicted molar refractivity (Wildman–Crippen MR) is 155 cm³/mol. The number of carboxylic acids is 1. The Hall–Kier alpha value is -3.02. The largest absolute Gasteiger partial charge is 0.493 e. The third-order valence-electron chi connectivity index (χ3n) is 8.06. The molecule has 0 radical (unpaired) electrons. The van der Waals surface area contributed by atoms with Crippen LogP contribution in [0.2, 0.25) is 0 Å². The van der Waals surface area contributed by atoms with Gasteiger partial charge >= 0.3 is 5.97 Å². The van der Waals surface area contributed by atoms with Gasteiger partial charge < -0.3 is 19.5 Å². The summed E-state index contributed by atoms with van der Waals surface area (Å²) < 4.78 is 11.8. The van der Waals surface area contributed by atoms with Crippen molar-refractivity contribution in [2.75, 3.05) is 19.8 Å². The van der Waals surface area contributed by atoms with Gasteiger partial charge in [0.1, 0.15) is 11.5 Å². The first-order valence-corrected chi connectivity index (χ1v) is 14.4. The molecule has 2 aromatic rings. The maximum absolute atomic E-state index is 14.0. The highest BCUT2D eigenvalue weighted by Gasteiger charge is 2.56. The van der Waals surface area contributed by atoms with E-state index in [4.69, 9.17) is 9.47 Å². The summed E-state index contributed by atoms with van der Waals surface area (Å²) in [6.45, 7) is 15.8. The Labute approximate surface area is 234 Å². The molecule has 0 spiro atoms. The summed E-state index contributed by atoms with van der Waals surface area (Å²) in [5, 5.41) is 10.1. The number of aliphatic carboxylic acids is 1. The fraction of sp³-hybridized carbons (Fsp3) is 0.576. The van der Waals surface area contributed by atoms with Crippen molar-refractivity contribution >= 4 is 11.9 Å². The van der Waals surface area contributed by atoms with E-state index in [0.717, 1.165) is 35.5 Å². The van der Waals surface area contributed by atoms with Crippen LogP contribution in [-0.2, 0) is 16.0 Å². The molecule has 0 heterocycles. The topological polar surface area (TPSA) is 76.1 Å². The second-order valence-electron chi connectivity index (χ2n) is 12.1. The van der Waals surface area contributed by atoms with Crippen molar-refractivity contribution in [3.05, 3.63) is 59.2 Å². The molecule has 0 unspecified atom stereocenters. The van der Waals surface area contributed by atoms with Gasteiger partial charge in [0.2, 0.25) is 5.91 Å². The molecule has 6 heteroatoms. The third kappa shape index (κ3) is 7.55. The Kier molecular flexibility index (Phi) is 10.1. The van der Waals surface area contributed by atoms with Crippen molar-refractivity contribution in [1.82, 2.24) is 4.90 Å². The van der Waals surface area contributed by atoms with E-state index >= 15 is 0 Å². The van der Waals surface area contributed by atoms with Crippen LogP contribution in [0, 0.1) is 23.7 Å². The molecule has 0 bridgehead atoms. The standard InChI is InChI=1S/C33H47NO5/c1-8-38-28-17-27(18-29(24(28)4)39-9-2)25(5)34(20-23(3)15-16-26-13-11-10-12-14-26)30(35)19-33(31(36)37)21-32(6,7)22-33/h10-14,17-18,23,25H,8-9,15-16,19-22H2,1-7H3,(H,36,37)/t23-,25+/m0/s1. The van der Waals surface area contributed by atoms with Crippen LogP contribution < -0.4 is 9.47 Å². The molecular formula is C33H47NO5. The van der Waals surface area contributed by atoms with Crippen LogP contribution in [0.25, 0.3) is 0 Å². The number of carbonyl (C=O) groups excluding carboxylic acids is 1. The van der Waals surface area contributed by atoms with Gasteiger partial charge in [-0.3, -0.25) is 9.59 Å². The average Bonchev–Trinajstić information content (AvgIpc) is 2.87. The molecule has 1 saturated carbocycles. The van der Waals surface area contributed by atoms with Crippen molar-refractivity contribution < 1.29 is 24.2 Å². The SMILES string of the molecule is CCOc1cc([C@@H](C)N(C[C@@H](C)CCc2ccccc2)C(=O)CC2(C(=O)O)CC(C)(C)C2)cc(OCC)c1C. The Morgan fingerprint density at radius 2 is 1.56 bits per heavy atom. The average molecular weight is 538 g/mol. The number of ether oxygens (including phenoxy) is 2. The van der Waals surface area contributed by atoms with E-state index in [1.54, 1.807) is 0 Å². The molecule has 39 heavy (non-hydrogen) atoms. The van der Waals surface area contributed by atoms with Crippen molar-refractivity contribution in [3.63, 3.8) is 0 Å². The van der Waals surface area contributed by atoms with Gasteiger partial charge in [-0.1, -0.05) is 51.1 Å². The molecule has 0 aromatic heterocycles. The molecule has 6 nitrogen and oxygen atoms in total. The van der Waals surface area contributed by atoms with Crippen LogP contribution in [-0.4, -0.2) is 41.6 Å². The number of benzene rings is 2.